The van der Waals surface area contributed by atoms with Gasteiger partial charge in [-0.2, -0.15) is 0 Å². The van der Waals surface area contributed by atoms with Crippen molar-refractivity contribution < 1.29 is 9.05 Å². The number of halogens is 2. The van der Waals surface area contributed by atoms with Crippen LogP contribution in [0.4, 0.5) is 0 Å². The zero-order chi connectivity index (χ0) is 11.0. The molecule has 0 rings (SSSR count). The van der Waals surface area contributed by atoms with Crippen molar-refractivity contribution in [1.82, 2.24) is 0 Å². The molecule has 0 aliphatic carbocycles. The summed E-state index contributed by atoms with van der Waals surface area (Å²) in [6.45, 7) is 5.05. The van der Waals surface area contributed by atoms with Crippen molar-refractivity contribution in [2.45, 2.75) is 13.8 Å². The van der Waals surface area contributed by atoms with Crippen LogP contribution >= 0.6 is 48.9 Å². The van der Waals surface area contributed by atoms with Crippen LogP contribution in [0.15, 0.2) is 9.47 Å². The lowest BCUT2D eigenvalue weighted by Crippen LogP contribution is -1.93. The minimum absolute atomic E-state index is 0.597. The van der Waals surface area contributed by atoms with Gasteiger partial charge in [0.05, 0.1) is 13.2 Å². The lowest BCUT2D eigenvalue weighted by Gasteiger charge is -2.19. The second kappa shape index (κ2) is 8.74. The predicted molar refractivity (Wildman–Crippen MR) is 75.9 cm³/mol. The average molecular weight is 384 g/mol. The quantitative estimate of drug-likeness (QED) is 0.595. The molecule has 0 saturated carbocycles. The third-order valence-electron chi connectivity index (χ3n) is 1.05. The van der Waals surface area contributed by atoms with Crippen LogP contribution in [0.5, 0.6) is 0 Å². The molecule has 0 aromatic carbocycles. The van der Waals surface area contributed by atoms with Gasteiger partial charge >= 0.3 is 0 Å². The van der Waals surface area contributed by atoms with Gasteiger partial charge < -0.3 is 9.05 Å². The summed E-state index contributed by atoms with van der Waals surface area (Å²) in [5.41, 5.74) is -2.13. The second-order valence-electron chi connectivity index (χ2n) is 2.11. The third-order valence-corrected chi connectivity index (χ3v) is 8.56. The summed E-state index contributed by atoms with van der Waals surface area (Å²) in [5.74, 6) is 0.766. The average Bonchev–Trinajstić information content (AvgIpc) is 2.15. The Morgan fingerprint density at radius 2 is 1.93 bits per heavy atom. The molecule has 0 aromatic rings. The largest absolute Gasteiger partial charge is 0.322 e. The van der Waals surface area contributed by atoms with Gasteiger partial charge in [0.1, 0.15) is 0 Å². The van der Waals surface area contributed by atoms with Gasteiger partial charge in [-0.15, -0.1) is 0 Å². The fourth-order valence-electron chi connectivity index (χ4n) is 0.600. The topological polar surface area (TPSA) is 18.5 Å². The Hall–Kier alpha value is 1.62. The van der Waals surface area contributed by atoms with Crippen LogP contribution in [0.1, 0.15) is 13.8 Å². The molecular weight excluding hydrogens is 371 g/mol. The van der Waals surface area contributed by atoms with Crippen molar-refractivity contribution in [2.75, 3.05) is 19.0 Å². The molecule has 0 amide bonds. The van der Waals surface area contributed by atoms with E-state index >= 15 is 0 Å². The molecule has 14 heavy (non-hydrogen) atoms. The Morgan fingerprint density at radius 1 is 1.43 bits per heavy atom. The molecule has 0 saturated heterocycles. The van der Waals surface area contributed by atoms with Crippen molar-refractivity contribution in [1.29, 1.82) is 0 Å². The van der Waals surface area contributed by atoms with Gasteiger partial charge in [-0.25, -0.2) is 0 Å². The summed E-state index contributed by atoms with van der Waals surface area (Å²) in [7, 11) is 0. The maximum Gasteiger partial charge on any atom is 0.247 e. The van der Waals surface area contributed by atoms with Crippen LogP contribution in [0.3, 0.4) is 0 Å². The smallest absolute Gasteiger partial charge is 0.247 e. The number of rotatable bonds is 7. The predicted octanol–water partition coefficient (Wildman–Crippen LogP) is 4.65. The first-order valence-corrected chi connectivity index (χ1v) is 10.00. The van der Waals surface area contributed by atoms with E-state index in [9.17, 15) is 0 Å². The normalized spacial score (nSPS) is 13.3. The number of hydrogen-bond acceptors (Lipinski definition) is 4. The van der Waals surface area contributed by atoms with Crippen molar-refractivity contribution in [2.24, 2.45) is 0 Å². The standard InChI is InChI=1S/C7H13Br2O2PS2/c1-3-10-12(13,11-4-2)14-6-7(9)5-8/h5H,3-4,6H2,1-2H3/b7-5-. The minimum Gasteiger partial charge on any atom is -0.322 e. The zero-order valence-corrected chi connectivity index (χ0v) is 13.7. The van der Waals surface area contributed by atoms with Crippen LogP contribution in [-0.4, -0.2) is 19.0 Å². The van der Waals surface area contributed by atoms with Crippen LogP contribution < -0.4 is 0 Å². The molecule has 0 bridgehead atoms. The molecular formula is C7H13Br2O2PS2. The van der Waals surface area contributed by atoms with Gasteiger partial charge in [0, 0.05) is 10.2 Å². The molecule has 0 N–H and O–H groups in total. The van der Waals surface area contributed by atoms with Gasteiger partial charge in [0.15, 0.2) is 0 Å². The van der Waals surface area contributed by atoms with E-state index in [0.29, 0.717) is 13.2 Å². The molecule has 84 valence electrons. The Bertz CT molecular complexity index is 226. The van der Waals surface area contributed by atoms with E-state index in [-0.39, 0.29) is 0 Å². The van der Waals surface area contributed by atoms with E-state index in [1.807, 2.05) is 18.8 Å². The van der Waals surface area contributed by atoms with Gasteiger partial charge in [-0.1, -0.05) is 43.2 Å². The highest BCUT2D eigenvalue weighted by atomic mass is 79.9. The summed E-state index contributed by atoms with van der Waals surface area (Å²) in [5, 5.41) is 0. The van der Waals surface area contributed by atoms with Crippen LogP contribution in [0.25, 0.3) is 0 Å². The molecule has 2 nitrogen and oxygen atoms in total. The van der Waals surface area contributed by atoms with Crippen LogP contribution in [0.2, 0.25) is 0 Å². The molecule has 0 atom stereocenters. The Morgan fingerprint density at radius 3 is 2.29 bits per heavy atom. The molecule has 0 fully saturated rings. The summed E-state index contributed by atoms with van der Waals surface area (Å²) >= 11 is 13.5. The van der Waals surface area contributed by atoms with E-state index in [1.54, 1.807) is 11.4 Å². The van der Waals surface area contributed by atoms with E-state index < -0.39 is 5.69 Å². The molecule has 0 unspecified atom stereocenters. The van der Waals surface area contributed by atoms with Crippen molar-refractivity contribution in [3.8, 4) is 0 Å². The van der Waals surface area contributed by atoms with E-state index in [1.165, 1.54) is 0 Å². The van der Waals surface area contributed by atoms with Crippen LogP contribution in [-0.2, 0) is 20.9 Å². The van der Waals surface area contributed by atoms with E-state index in [2.05, 4.69) is 31.9 Å². The highest BCUT2D eigenvalue weighted by Crippen LogP contribution is 2.61. The van der Waals surface area contributed by atoms with Crippen molar-refractivity contribution in [3.05, 3.63) is 9.47 Å². The molecule has 0 aliphatic heterocycles. The van der Waals surface area contributed by atoms with Crippen molar-refractivity contribution in [3.63, 3.8) is 0 Å². The molecule has 0 aromatic heterocycles. The Kier molecular flexibility index (Phi) is 9.75. The second-order valence-corrected chi connectivity index (χ2v) is 9.90. The maximum atomic E-state index is 5.47. The highest BCUT2D eigenvalue weighted by Gasteiger charge is 2.18. The first-order valence-electron chi connectivity index (χ1n) is 4.06. The summed E-state index contributed by atoms with van der Waals surface area (Å²) in [4.78, 5) is 1.82. The van der Waals surface area contributed by atoms with Gasteiger partial charge in [-0.3, -0.25) is 0 Å². The fourth-order valence-corrected chi connectivity index (χ4v) is 6.15. The molecule has 0 spiro atoms. The third kappa shape index (κ3) is 6.99. The van der Waals surface area contributed by atoms with Gasteiger partial charge in [-0.05, 0) is 30.6 Å². The highest BCUT2D eigenvalue weighted by molar-refractivity contribution is 9.14. The molecule has 7 heteroatoms. The van der Waals surface area contributed by atoms with E-state index in [0.717, 1.165) is 10.2 Å². The molecule has 0 heterocycles. The number of hydrogen-bond donors (Lipinski definition) is 0. The first-order chi connectivity index (χ1) is 6.58. The van der Waals surface area contributed by atoms with Crippen molar-refractivity contribution >= 4 is 60.7 Å². The lowest BCUT2D eigenvalue weighted by molar-refractivity contribution is 0.280. The summed E-state index contributed by atoms with van der Waals surface area (Å²) in [6, 6.07) is 0. The zero-order valence-electron chi connectivity index (χ0n) is 8.03. The minimum atomic E-state index is -2.13. The Labute approximate surface area is 111 Å². The van der Waals surface area contributed by atoms with Gasteiger partial charge in [0.25, 0.3) is 0 Å². The molecule has 0 aliphatic rings. The first kappa shape index (κ1) is 15.6. The monoisotopic (exact) mass is 382 g/mol. The Balaban J connectivity index is 4.15. The van der Waals surface area contributed by atoms with Crippen LogP contribution in [0, 0.1) is 0 Å². The van der Waals surface area contributed by atoms with Gasteiger partial charge in [0.2, 0.25) is 5.69 Å². The maximum absolute atomic E-state index is 5.47. The molecule has 0 radical (unpaired) electrons. The fraction of sp³-hybridized carbons (Fsp3) is 0.714. The van der Waals surface area contributed by atoms with E-state index in [4.69, 9.17) is 20.9 Å². The summed E-state index contributed by atoms with van der Waals surface area (Å²) < 4.78 is 12.0. The summed E-state index contributed by atoms with van der Waals surface area (Å²) in [6.07, 6.45) is 0. The SMILES string of the molecule is CCOP(=S)(OCC)SC/C(Br)=C/Br. The lowest BCUT2D eigenvalue weighted by atomic mass is 10.8.